The number of carbonyl (C=O) groups is 2. The summed E-state index contributed by atoms with van der Waals surface area (Å²) in [6, 6.07) is 4.71. The predicted octanol–water partition coefficient (Wildman–Crippen LogP) is 0.657. The zero-order chi connectivity index (χ0) is 14.5. The van der Waals surface area contributed by atoms with Crippen molar-refractivity contribution in [3.63, 3.8) is 0 Å². The number of benzene rings is 1. The van der Waals surface area contributed by atoms with E-state index >= 15 is 0 Å². The van der Waals surface area contributed by atoms with Crippen molar-refractivity contribution in [3.05, 3.63) is 23.8 Å². The van der Waals surface area contributed by atoms with Gasteiger partial charge in [-0.15, -0.1) is 0 Å². The zero-order valence-electron chi connectivity index (χ0n) is 11.3. The molecular weight excluding hydrogens is 260 g/mol. The van der Waals surface area contributed by atoms with E-state index in [0.717, 1.165) is 12.8 Å². The largest absolute Gasteiger partial charge is 0.504 e. The first-order valence-electron chi connectivity index (χ1n) is 6.55. The second-order valence-corrected chi connectivity index (χ2v) is 4.68. The van der Waals surface area contributed by atoms with E-state index in [1.807, 2.05) is 0 Å². The molecule has 20 heavy (non-hydrogen) atoms. The minimum absolute atomic E-state index is 0.0449. The third kappa shape index (κ3) is 3.40. The van der Waals surface area contributed by atoms with Crippen LogP contribution in [0.1, 0.15) is 23.2 Å². The Bertz CT molecular complexity index is 512. The van der Waals surface area contributed by atoms with Crippen LogP contribution < -0.4 is 15.4 Å². The highest BCUT2D eigenvalue weighted by molar-refractivity contribution is 5.97. The molecule has 0 saturated heterocycles. The van der Waals surface area contributed by atoms with Gasteiger partial charge in [0.25, 0.3) is 5.91 Å². The Labute approximate surface area is 117 Å². The molecule has 0 unspecified atom stereocenters. The van der Waals surface area contributed by atoms with Crippen molar-refractivity contribution in [2.24, 2.45) is 5.92 Å². The maximum atomic E-state index is 11.9. The van der Waals surface area contributed by atoms with Crippen LogP contribution in [0.4, 0.5) is 0 Å². The van der Waals surface area contributed by atoms with Crippen LogP contribution in [-0.4, -0.2) is 37.1 Å². The minimum Gasteiger partial charge on any atom is -0.504 e. The summed E-state index contributed by atoms with van der Waals surface area (Å²) in [6.45, 7) is 0.694. The number of ether oxygens (including phenoxy) is 1. The first-order chi connectivity index (χ1) is 9.63. The lowest BCUT2D eigenvalue weighted by Gasteiger charge is -2.10. The molecule has 0 spiro atoms. The number of rotatable bonds is 6. The maximum Gasteiger partial charge on any atom is 0.255 e. The molecule has 6 nitrogen and oxygen atoms in total. The number of phenolic OH excluding ortho intramolecular Hbond substituents is 1. The molecule has 1 aliphatic rings. The van der Waals surface area contributed by atoms with Gasteiger partial charge < -0.3 is 20.5 Å². The van der Waals surface area contributed by atoms with Crippen molar-refractivity contribution in [2.45, 2.75) is 12.8 Å². The lowest BCUT2D eigenvalue weighted by molar-refractivity contribution is -0.122. The van der Waals surface area contributed by atoms with Crippen LogP contribution in [0, 0.1) is 5.92 Å². The maximum absolute atomic E-state index is 11.9. The number of amides is 2. The molecule has 1 aromatic carbocycles. The highest BCUT2D eigenvalue weighted by Crippen LogP contribution is 2.29. The molecule has 1 saturated carbocycles. The summed E-state index contributed by atoms with van der Waals surface area (Å²) in [5.74, 6) is -0.132. The van der Waals surface area contributed by atoms with Gasteiger partial charge in [-0.2, -0.15) is 0 Å². The lowest BCUT2D eigenvalue weighted by Crippen LogP contribution is -2.35. The smallest absolute Gasteiger partial charge is 0.255 e. The number of para-hydroxylation sites is 1. The summed E-state index contributed by atoms with van der Waals surface area (Å²) < 4.78 is 4.94. The molecule has 0 aliphatic heterocycles. The Kier molecular flexibility index (Phi) is 4.45. The van der Waals surface area contributed by atoms with Crippen LogP contribution in [0.25, 0.3) is 0 Å². The summed E-state index contributed by atoms with van der Waals surface area (Å²) in [5, 5.41) is 15.2. The third-order valence-corrected chi connectivity index (χ3v) is 3.12. The molecule has 0 atom stereocenters. The fraction of sp³-hybridized carbons (Fsp3) is 0.429. The first kappa shape index (κ1) is 14.2. The third-order valence-electron chi connectivity index (χ3n) is 3.12. The van der Waals surface area contributed by atoms with Crippen molar-refractivity contribution in [1.82, 2.24) is 10.6 Å². The Morgan fingerprint density at radius 1 is 1.30 bits per heavy atom. The molecule has 2 amide bonds. The van der Waals surface area contributed by atoms with Gasteiger partial charge in [0.1, 0.15) is 0 Å². The van der Waals surface area contributed by atoms with E-state index in [2.05, 4.69) is 10.6 Å². The molecule has 0 heterocycles. The fourth-order valence-electron chi connectivity index (χ4n) is 1.82. The number of hydrogen-bond acceptors (Lipinski definition) is 4. The Hall–Kier alpha value is -2.24. The lowest BCUT2D eigenvalue weighted by atomic mass is 10.1. The van der Waals surface area contributed by atoms with Crippen molar-refractivity contribution in [2.75, 3.05) is 20.2 Å². The molecule has 1 aromatic rings. The molecule has 1 fully saturated rings. The van der Waals surface area contributed by atoms with E-state index in [-0.39, 0.29) is 28.9 Å². The van der Waals surface area contributed by atoms with Crippen molar-refractivity contribution in [3.8, 4) is 11.5 Å². The van der Waals surface area contributed by atoms with Gasteiger partial charge in [0.05, 0.1) is 12.7 Å². The molecule has 0 radical (unpaired) electrons. The van der Waals surface area contributed by atoms with Gasteiger partial charge in [-0.3, -0.25) is 9.59 Å². The number of phenols is 1. The van der Waals surface area contributed by atoms with Crippen LogP contribution in [-0.2, 0) is 4.79 Å². The molecular formula is C14H18N2O4. The van der Waals surface area contributed by atoms with E-state index in [1.54, 1.807) is 12.1 Å². The summed E-state index contributed by atoms with van der Waals surface area (Å²) in [6.07, 6.45) is 1.91. The number of carbonyl (C=O) groups excluding carboxylic acids is 2. The summed E-state index contributed by atoms with van der Waals surface area (Å²) in [4.78, 5) is 23.3. The quantitative estimate of drug-likeness (QED) is 0.667. The van der Waals surface area contributed by atoms with E-state index in [4.69, 9.17) is 4.74 Å². The predicted molar refractivity (Wildman–Crippen MR) is 72.7 cm³/mol. The van der Waals surface area contributed by atoms with Crippen molar-refractivity contribution in [1.29, 1.82) is 0 Å². The molecule has 1 aliphatic carbocycles. The molecule has 0 aromatic heterocycles. The average molecular weight is 278 g/mol. The highest BCUT2D eigenvalue weighted by atomic mass is 16.5. The van der Waals surface area contributed by atoms with Crippen molar-refractivity contribution >= 4 is 11.8 Å². The monoisotopic (exact) mass is 278 g/mol. The van der Waals surface area contributed by atoms with Gasteiger partial charge in [0, 0.05) is 19.0 Å². The summed E-state index contributed by atoms with van der Waals surface area (Å²) >= 11 is 0. The topological polar surface area (TPSA) is 87.7 Å². The summed E-state index contributed by atoms with van der Waals surface area (Å²) in [5.41, 5.74) is 0.151. The van der Waals surface area contributed by atoms with Crippen molar-refractivity contribution < 1.29 is 19.4 Å². The SMILES string of the molecule is COc1cccc(C(=O)NCCNC(=O)C2CC2)c1O. The molecule has 3 N–H and O–H groups in total. The number of methoxy groups -OCH3 is 1. The van der Waals surface area contributed by atoms with E-state index in [1.165, 1.54) is 13.2 Å². The zero-order valence-corrected chi connectivity index (χ0v) is 11.3. The van der Waals surface area contributed by atoms with E-state index in [0.29, 0.717) is 13.1 Å². The standard InChI is InChI=1S/C14H18N2O4/c1-20-11-4-2-3-10(12(11)17)14(19)16-8-7-15-13(18)9-5-6-9/h2-4,9,17H,5-8H2,1H3,(H,15,18)(H,16,19). The fourth-order valence-corrected chi connectivity index (χ4v) is 1.82. The Morgan fingerprint density at radius 3 is 2.65 bits per heavy atom. The highest BCUT2D eigenvalue weighted by Gasteiger charge is 2.29. The second kappa shape index (κ2) is 6.27. The van der Waals surface area contributed by atoms with Gasteiger partial charge in [0.2, 0.25) is 5.91 Å². The first-order valence-corrected chi connectivity index (χ1v) is 6.55. The second-order valence-electron chi connectivity index (χ2n) is 4.68. The normalized spacial score (nSPS) is 13.7. The van der Waals surface area contributed by atoms with Gasteiger partial charge in [-0.05, 0) is 25.0 Å². The van der Waals surface area contributed by atoms with Gasteiger partial charge in [-0.25, -0.2) is 0 Å². The summed E-state index contributed by atoms with van der Waals surface area (Å²) in [7, 11) is 1.42. The van der Waals surface area contributed by atoms with Gasteiger partial charge >= 0.3 is 0 Å². The molecule has 6 heteroatoms. The Morgan fingerprint density at radius 2 is 2.00 bits per heavy atom. The van der Waals surface area contributed by atoms with Crippen LogP contribution in [0.3, 0.4) is 0 Å². The molecule has 108 valence electrons. The number of hydrogen-bond donors (Lipinski definition) is 3. The minimum atomic E-state index is -0.401. The average Bonchev–Trinajstić information content (AvgIpc) is 3.28. The number of nitrogens with one attached hydrogen (secondary N) is 2. The van der Waals surface area contributed by atoms with Crippen LogP contribution >= 0.6 is 0 Å². The van der Waals surface area contributed by atoms with Gasteiger partial charge in [0.15, 0.2) is 11.5 Å². The van der Waals surface area contributed by atoms with Crippen LogP contribution in [0.15, 0.2) is 18.2 Å². The molecule has 0 bridgehead atoms. The van der Waals surface area contributed by atoms with Crippen LogP contribution in [0.2, 0.25) is 0 Å². The number of aromatic hydroxyl groups is 1. The van der Waals surface area contributed by atoms with E-state index in [9.17, 15) is 14.7 Å². The van der Waals surface area contributed by atoms with Crippen LogP contribution in [0.5, 0.6) is 11.5 Å². The van der Waals surface area contributed by atoms with E-state index < -0.39 is 5.91 Å². The molecule has 2 rings (SSSR count). The van der Waals surface area contributed by atoms with Gasteiger partial charge in [-0.1, -0.05) is 6.07 Å². The Balaban J connectivity index is 1.80.